The summed E-state index contributed by atoms with van der Waals surface area (Å²) in [6.45, 7) is 14.4. The summed E-state index contributed by atoms with van der Waals surface area (Å²) in [6, 6.07) is -1.37. The largest absolute Gasteiger partial charge is 0.480 e. The molecule has 0 aliphatic heterocycles. The van der Waals surface area contributed by atoms with Crippen molar-refractivity contribution in [3.05, 3.63) is 46.6 Å². The molecule has 0 fully saturated rings. The number of rotatable bonds is 17. The zero-order valence-corrected chi connectivity index (χ0v) is 25.3. The minimum Gasteiger partial charge on any atom is -0.480 e. The van der Waals surface area contributed by atoms with Gasteiger partial charge in [-0.1, -0.05) is 46.6 Å². The third-order valence-electron chi connectivity index (χ3n) is 4.99. The summed E-state index contributed by atoms with van der Waals surface area (Å²) in [5, 5.41) is 22.9. The number of hydrogen-bond acceptors (Lipinski definition) is 6. The van der Waals surface area contributed by atoms with Crippen molar-refractivity contribution in [2.24, 2.45) is 0 Å². The summed E-state index contributed by atoms with van der Waals surface area (Å²) in [7, 11) is 0. The van der Waals surface area contributed by atoms with Crippen molar-refractivity contribution in [3.8, 4) is 0 Å². The summed E-state index contributed by atoms with van der Waals surface area (Å²) in [6.07, 6.45) is 12.9. The molecule has 0 bridgehead atoms. The van der Waals surface area contributed by atoms with Crippen LogP contribution in [-0.2, 0) is 14.4 Å². The van der Waals surface area contributed by atoms with Crippen molar-refractivity contribution < 1.29 is 24.6 Å². The Morgan fingerprint density at radius 2 is 1.30 bits per heavy atom. The average Bonchev–Trinajstić information content (AvgIpc) is 2.78. The molecule has 37 heavy (non-hydrogen) atoms. The van der Waals surface area contributed by atoms with E-state index in [4.69, 9.17) is 10.2 Å². The van der Waals surface area contributed by atoms with Crippen molar-refractivity contribution in [1.82, 2.24) is 10.6 Å². The maximum Gasteiger partial charge on any atom is 0.327 e. The molecule has 0 aliphatic rings. The number of thiol groups is 1. The molecule has 0 aromatic heterocycles. The van der Waals surface area contributed by atoms with Crippen LogP contribution in [0.2, 0.25) is 0 Å². The first kappa shape index (κ1) is 37.2. The standard InChI is InChI=1S/C20H33NO3S.C8H15NO2S/c1-15(2)8-6-9-16(3)10-7-11-17(4)12-13-25-14-19(20(23)24)21-18(5)22;1-6(2)3-4-9-7(5-12)8(10)11/h8,10,12,19H,6-7,9,11,13-14H2,1-5H3,(H,21,22)(H,23,24);3,7,9,12H,4-5H2,1-2H3,(H,10,11). The van der Waals surface area contributed by atoms with Crippen molar-refractivity contribution in [3.63, 3.8) is 0 Å². The zero-order valence-electron chi connectivity index (χ0n) is 23.6. The molecular formula is C28H48N2O5S2. The number of nitrogens with one attached hydrogen (secondary N) is 2. The van der Waals surface area contributed by atoms with Gasteiger partial charge in [-0.25, -0.2) is 4.79 Å². The second-order valence-corrected chi connectivity index (χ2v) is 10.8. The van der Waals surface area contributed by atoms with E-state index in [0.717, 1.165) is 31.4 Å². The normalized spacial score (nSPS) is 13.0. The third-order valence-corrected chi connectivity index (χ3v) is 6.32. The van der Waals surface area contributed by atoms with Gasteiger partial charge in [0.05, 0.1) is 0 Å². The van der Waals surface area contributed by atoms with Crippen LogP contribution in [-0.4, -0.2) is 63.9 Å². The molecule has 2 unspecified atom stereocenters. The maximum atomic E-state index is 11.0. The minimum atomic E-state index is -0.989. The van der Waals surface area contributed by atoms with Crippen LogP contribution in [0.25, 0.3) is 0 Å². The Morgan fingerprint density at radius 1 is 0.784 bits per heavy atom. The van der Waals surface area contributed by atoms with E-state index < -0.39 is 24.0 Å². The van der Waals surface area contributed by atoms with Gasteiger partial charge in [0.25, 0.3) is 0 Å². The highest BCUT2D eigenvalue weighted by atomic mass is 32.2. The molecule has 0 aliphatic carbocycles. The SMILES string of the molecule is CC(=O)NC(CSCC=C(C)CCC=C(C)CCC=C(C)C)C(=O)O.CC(C)=CCNC(CS)C(=O)O. The highest BCUT2D eigenvalue weighted by molar-refractivity contribution is 7.99. The molecule has 0 aromatic carbocycles. The molecule has 0 heterocycles. The monoisotopic (exact) mass is 556 g/mol. The van der Waals surface area contributed by atoms with Gasteiger partial charge < -0.3 is 20.8 Å². The summed E-state index contributed by atoms with van der Waals surface area (Å²) >= 11 is 5.44. The number of allylic oxidation sites excluding steroid dienone is 6. The van der Waals surface area contributed by atoms with Gasteiger partial charge >= 0.3 is 11.9 Å². The van der Waals surface area contributed by atoms with Crippen LogP contribution in [0.4, 0.5) is 0 Å². The predicted octanol–water partition coefficient (Wildman–Crippen LogP) is 5.65. The van der Waals surface area contributed by atoms with Crippen molar-refractivity contribution >= 4 is 42.2 Å². The van der Waals surface area contributed by atoms with E-state index in [2.05, 4.69) is 69.2 Å². The molecule has 4 N–H and O–H groups in total. The van der Waals surface area contributed by atoms with Crippen LogP contribution in [0.3, 0.4) is 0 Å². The number of carbonyl (C=O) groups is 3. The lowest BCUT2D eigenvalue weighted by atomic mass is 10.1. The molecule has 0 rings (SSSR count). The van der Waals surface area contributed by atoms with Crippen LogP contribution < -0.4 is 10.6 Å². The average molecular weight is 557 g/mol. The number of amides is 1. The van der Waals surface area contributed by atoms with E-state index in [1.54, 1.807) is 0 Å². The van der Waals surface area contributed by atoms with Gasteiger partial charge in [0.1, 0.15) is 12.1 Å². The van der Waals surface area contributed by atoms with Gasteiger partial charge in [-0.3, -0.25) is 9.59 Å². The number of carboxylic acids is 2. The van der Waals surface area contributed by atoms with Crippen LogP contribution in [0.5, 0.6) is 0 Å². The van der Waals surface area contributed by atoms with Crippen molar-refractivity contribution in [2.75, 3.05) is 23.8 Å². The first-order valence-electron chi connectivity index (χ1n) is 12.5. The van der Waals surface area contributed by atoms with Crippen LogP contribution in [0, 0.1) is 0 Å². The van der Waals surface area contributed by atoms with Crippen molar-refractivity contribution in [1.29, 1.82) is 0 Å². The predicted molar refractivity (Wildman–Crippen MR) is 161 cm³/mol. The van der Waals surface area contributed by atoms with Gasteiger partial charge in [0, 0.05) is 30.7 Å². The Bertz CT molecular complexity index is 811. The van der Waals surface area contributed by atoms with Crippen molar-refractivity contribution in [2.45, 2.75) is 86.2 Å². The molecule has 0 saturated heterocycles. The molecule has 212 valence electrons. The summed E-state index contributed by atoms with van der Waals surface area (Å²) in [5.41, 5.74) is 5.28. The fraction of sp³-hybridized carbons (Fsp3) is 0.607. The van der Waals surface area contributed by atoms with Gasteiger partial charge in [-0.2, -0.15) is 24.4 Å². The van der Waals surface area contributed by atoms with E-state index in [9.17, 15) is 14.4 Å². The lowest BCUT2D eigenvalue weighted by Crippen LogP contribution is -2.41. The molecule has 0 radical (unpaired) electrons. The number of carboxylic acid groups (broad SMARTS) is 2. The third kappa shape index (κ3) is 25.5. The number of thioether (sulfide) groups is 1. The Labute approximate surface area is 233 Å². The lowest BCUT2D eigenvalue weighted by Gasteiger charge is -2.12. The molecule has 2 atom stereocenters. The highest BCUT2D eigenvalue weighted by Crippen LogP contribution is 2.13. The highest BCUT2D eigenvalue weighted by Gasteiger charge is 2.17. The fourth-order valence-corrected chi connectivity index (χ4v) is 4.07. The van der Waals surface area contributed by atoms with Gasteiger partial charge in [0.15, 0.2) is 0 Å². The number of hydrogen-bond donors (Lipinski definition) is 5. The zero-order chi connectivity index (χ0) is 28.8. The Balaban J connectivity index is 0. The maximum absolute atomic E-state index is 11.0. The smallest absolute Gasteiger partial charge is 0.327 e. The van der Waals surface area contributed by atoms with Gasteiger partial charge in [-0.15, -0.1) is 0 Å². The summed E-state index contributed by atoms with van der Waals surface area (Å²) in [5.74, 6) is -0.706. The topological polar surface area (TPSA) is 116 Å². The van der Waals surface area contributed by atoms with E-state index >= 15 is 0 Å². The Morgan fingerprint density at radius 3 is 1.76 bits per heavy atom. The van der Waals surface area contributed by atoms with Crippen LogP contribution in [0.15, 0.2) is 46.6 Å². The Hall–Kier alpha value is -1.97. The molecule has 1 amide bonds. The first-order chi connectivity index (χ1) is 17.3. The van der Waals surface area contributed by atoms with E-state index in [1.165, 1.54) is 41.0 Å². The molecule has 9 heteroatoms. The fourth-order valence-electron chi connectivity index (χ4n) is 2.78. The molecular weight excluding hydrogens is 508 g/mol. The quantitative estimate of drug-likeness (QED) is 0.0893. The summed E-state index contributed by atoms with van der Waals surface area (Å²) < 4.78 is 0. The molecule has 0 spiro atoms. The molecule has 7 nitrogen and oxygen atoms in total. The second kappa shape index (κ2) is 23.2. The second-order valence-electron chi connectivity index (χ2n) is 9.35. The van der Waals surface area contributed by atoms with Crippen LogP contribution in [0.1, 0.15) is 74.1 Å². The number of carbonyl (C=O) groups excluding carboxylic acids is 1. The molecule has 0 aromatic rings. The first-order valence-corrected chi connectivity index (χ1v) is 14.3. The lowest BCUT2D eigenvalue weighted by molar-refractivity contribution is -0.141. The summed E-state index contributed by atoms with van der Waals surface area (Å²) in [4.78, 5) is 32.5. The Kier molecular flexibility index (Phi) is 23.3. The van der Waals surface area contributed by atoms with Gasteiger partial charge in [-0.05, 0) is 67.2 Å². The van der Waals surface area contributed by atoms with E-state index in [-0.39, 0.29) is 5.91 Å². The number of aliphatic carboxylic acids is 2. The van der Waals surface area contributed by atoms with Crippen LogP contribution >= 0.6 is 24.4 Å². The minimum absolute atomic E-state index is 0.311. The van der Waals surface area contributed by atoms with E-state index in [1.807, 2.05) is 19.9 Å². The van der Waals surface area contributed by atoms with E-state index in [0.29, 0.717) is 18.1 Å². The van der Waals surface area contributed by atoms with Gasteiger partial charge in [0.2, 0.25) is 5.91 Å². The molecule has 0 saturated carbocycles.